The van der Waals surface area contributed by atoms with Crippen LogP contribution in [0.3, 0.4) is 0 Å². The fraction of sp³-hybridized carbons (Fsp3) is 0.500. The Morgan fingerprint density at radius 2 is 2.18 bits per heavy atom. The van der Waals surface area contributed by atoms with E-state index in [0.29, 0.717) is 11.6 Å². The maximum Gasteiger partial charge on any atom is 0.139 e. The second kappa shape index (κ2) is 3.83. The number of alkyl halides is 1. The first kappa shape index (κ1) is 10.8. The van der Waals surface area contributed by atoms with Gasteiger partial charge in [0, 0.05) is 5.56 Å². The predicted octanol–water partition coefficient (Wildman–Crippen LogP) is 3.94. The third-order valence-corrected chi connectivity index (χ3v) is 3.83. The Balaban J connectivity index is 2.23. The third-order valence-electron chi connectivity index (χ3n) is 3.83. The van der Waals surface area contributed by atoms with Crippen LogP contribution in [0, 0.1) is 6.92 Å². The van der Waals surface area contributed by atoms with Gasteiger partial charge in [-0.15, -0.1) is 0 Å². The molecule has 0 amide bonds. The molecule has 2 aromatic rings. The molecule has 3 rings (SSSR count). The van der Waals surface area contributed by atoms with Gasteiger partial charge >= 0.3 is 0 Å². The first-order valence-corrected chi connectivity index (χ1v) is 6.30. The van der Waals surface area contributed by atoms with E-state index in [0.717, 1.165) is 11.2 Å². The quantitative estimate of drug-likeness (QED) is 0.766. The molecule has 0 aliphatic heterocycles. The van der Waals surface area contributed by atoms with Crippen LogP contribution in [0.5, 0.6) is 0 Å². The van der Waals surface area contributed by atoms with Crippen molar-refractivity contribution in [1.29, 1.82) is 0 Å². The number of rotatable bonds is 2. The van der Waals surface area contributed by atoms with Crippen LogP contribution < -0.4 is 0 Å². The molecule has 1 fully saturated rings. The topological polar surface area (TPSA) is 17.3 Å². The van der Waals surface area contributed by atoms with Gasteiger partial charge in [-0.05, 0) is 44.7 Å². The van der Waals surface area contributed by atoms with Crippen molar-refractivity contribution in [3.05, 3.63) is 35.2 Å². The van der Waals surface area contributed by atoms with E-state index in [4.69, 9.17) is 0 Å². The number of hydrogen-bond donors (Lipinski definition) is 0. The molecule has 0 aromatic carbocycles. The average molecular weight is 232 g/mol. The molecular weight excluding hydrogens is 215 g/mol. The summed E-state index contributed by atoms with van der Waals surface area (Å²) in [4.78, 5) is 0. The number of nitrogens with zero attached hydrogens (tertiary/aromatic N) is 2. The number of hydrogen-bond acceptors (Lipinski definition) is 1. The number of aryl methyl sites for hydroxylation is 1. The lowest BCUT2D eigenvalue weighted by Gasteiger charge is -2.25. The summed E-state index contributed by atoms with van der Waals surface area (Å²) in [6.45, 7) is 3.60. The highest BCUT2D eigenvalue weighted by Crippen LogP contribution is 2.40. The minimum absolute atomic E-state index is 0.637. The number of fused-ring (bicyclic) bond motifs is 1. The van der Waals surface area contributed by atoms with Gasteiger partial charge in [-0.25, -0.2) is 8.91 Å². The Morgan fingerprint density at radius 1 is 1.41 bits per heavy atom. The fourth-order valence-corrected chi connectivity index (χ4v) is 2.73. The molecular formula is C14H17FN2. The minimum atomic E-state index is -0.979. The second-order valence-electron chi connectivity index (χ2n) is 4.99. The molecule has 1 aliphatic rings. The maximum atomic E-state index is 13.5. The Morgan fingerprint density at radius 3 is 2.76 bits per heavy atom. The summed E-state index contributed by atoms with van der Waals surface area (Å²) in [5.74, 6) is 0.637. The largest absolute Gasteiger partial charge is 0.241 e. The van der Waals surface area contributed by atoms with E-state index >= 15 is 0 Å². The third kappa shape index (κ3) is 1.56. The van der Waals surface area contributed by atoms with Crippen molar-refractivity contribution >= 4 is 5.52 Å². The lowest BCUT2D eigenvalue weighted by molar-refractivity contribution is 0.359. The van der Waals surface area contributed by atoms with Gasteiger partial charge in [0.05, 0.1) is 16.9 Å². The van der Waals surface area contributed by atoms with E-state index in [1.54, 1.807) is 11.4 Å². The fourth-order valence-electron chi connectivity index (χ4n) is 2.73. The molecule has 1 unspecified atom stereocenters. The van der Waals surface area contributed by atoms with Crippen LogP contribution in [0.25, 0.3) is 5.52 Å². The standard InChI is InChI=1S/C14H17FN2/c1-9(15)12-7-4-8-13-14(11-5-3-6-11)10(2)16-17(12)13/h4,7-9,11H,3,5-6H2,1-2H3. The highest BCUT2D eigenvalue weighted by atomic mass is 19.1. The Hall–Kier alpha value is -1.38. The number of halogens is 1. The van der Waals surface area contributed by atoms with Crippen molar-refractivity contribution in [2.24, 2.45) is 0 Å². The van der Waals surface area contributed by atoms with Gasteiger partial charge in [0.1, 0.15) is 6.17 Å². The van der Waals surface area contributed by atoms with Gasteiger partial charge < -0.3 is 0 Å². The molecule has 0 saturated heterocycles. The Kier molecular flexibility index (Phi) is 2.42. The molecule has 90 valence electrons. The lowest BCUT2D eigenvalue weighted by atomic mass is 9.79. The van der Waals surface area contributed by atoms with Gasteiger partial charge in [0.15, 0.2) is 0 Å². The van der Waals surface area contributed by atoms with Gasteiger partial charge in [0.2, 0.25) is 0 Å². The van der Waals surface area contributed by atoms with Crippen molar-refractivity contribution in [1.82, 2.24) is 9.61 Å². The van der Waals surface area contributed by atoms with Crippen LogP contribution in [0.1, 0.15) is 55.2 Å². The molecule has 2 heterocycles. The molecule has 3 heteroatoms. The van der Waals surface area contributed by atoms with Crippen LogP contribution in [0.2, 0.25) is 0 Å². The molecule has 1 saturated carbocycles. The van der Waals surface area contributed by atoms with Crippen molar-refractivity contribution in [2.75, 3.05) is 0 Å². The summed E-state index contributed by atoms with van der Waals surface area (Å²) >= 11 is 0. The maximum absolute atomic E-state index is 13.5. The monoisotopic (exact) mass is 232 g/mol. The molecule has 1 atom stereocenters. The molecule has 1 aliphatic carbocycles. The summed E-state index contributed by atoms with van der Waals surface area (Å²) in [7, 11) is 0. The molecule has 0 bridgehead atoms. The molecule has 0 radical (unpaired) electrons. The van der Waals surface area contributed by atoms with Crippen molar-refractivity contribution in [2.45, 2.75) is 45.2 Å². The molecule has 2 aromatic heterocycles. The summed E-state index contributed by atoms with van der Waals surface area (Å²) in [5.41, 5.74) is 4.13. The van der Waals surface area contributed by atoms with Gasteiger partial charge in [0.25, 0.3) is 0 Å². The summed E-state index contributed by atoms with van der Waals surface area (Å²) < 4.78 is 15.3. The first-order chi connectivity index (χ1) is 8.18. The highest BCUT2D eigenvalue weighted by molar-refractivity contribution is 5.59. The van der Waals surface area contributed by atoms with Gasteiger partial charge in [-0.3, -0.25) is 0 Å². The van der Waals surface area contributed by atoms with Crippen LogP contribution in [0.4, 0.5) is 4.39 Å². The normalized spacial score (nSPS) is 18.3. The van der Waals surface area contributed by atoms with E-state index in [1.165, 1.54) is 24.8 Å². The number of aromatic nitrogens is 2. The SMILES string of the molecule is Cc1nn2c(C(C)F)cccc2c1C1CCC1. The Labute approximate surface area is 100 Å². The summed E-state index contributed by atoms with van der Waals surface area (Å²) in [6, 6.07) is 5.80. The zero-order valence-electron chi connectivity index (χ0n) is 10.3. The average Bonchev–Trinajstić information content (AvgIpc) is 2.53. The number of pyridine rings is 1. The Bertz CT molecular complexity index is 553. The molecule has 0 spiro atoms. The van der Waals surface area contributed by atoms with E-state index in [1.807, 2.05) is 19.1 Å². The summed E-state index contributed by atoms with van der Waals surface area (Å²) in [5, 5.41) is 4.51. The van der Waals surface area contributed by atoms with Crippen LogP contribution >= 0.6 is 0 Å². The summed E-state index contributed by atoms with van der Waals surface area (Å²) in [6.07, 6.45) is 2.82. The van der Waals surface area contributed by atoms with E-state index in [2.05, 4.69) is 11.2 Å². The van der Waals surface area contributed by atoms with Crippen LogP contribution in [-0.4, -0.2) is 9.61 Å². The molecule has 17 heavy (non-hydrogen) atoms. The molecule has 0 N–H and O–H groups in total. The lowest BCUT2D eigenvalue weighted by Crippen LogP contribution is -2.09. The highest BCUT2D eigenvalue weighted by Gasteiger charge is 2.26. The predicted molar refractivity (Wildman–Crippen MR) is 66.0 cm³/mol. The second-order valence-corrected chi connectivity index (χ2v) is 4.99. The van der Waals surface area contributed by atoms with Crippen molar-refractivity contribution < 1.29 is 4.39 Å². The first-order valence-electron chi connectivity index (χ1n) is 6.30. The minimum Gasteiger partial charge on any atom is -0.241 e. The zero-order valence-corrected chi connectivity index (χ0v) is 10.3. The van der Waals surface area contributed by atoms with E-state index in [9.17, 15) is 4.39 Å². The van der Waals surface area contributed by atoms with Crippen LogP contribution in [0.15, 0.2) is 18.2 Å². The van der Waals surface area contributed by atoms with Gasteiger partial charge in [-0.2, -0.15) is 5.10 Å². The van der Waals surface area contributed by atoms with E-state index in [-0.39, 0.29) is 0 Å². The zero-order chi connectivity index (χ0) is 12.0. The smallest absolute Gasteiger partial charge is 0.139 e. The van der Waals surface area contributed by atoms with Gasteiger partial charge in [-0.1, -0.05) is 12.5 Å². The van der Waals surface area contributed by atoms with Crippen molar-refractivity contribution in [3.8, 4) is 0 Å². The van der Waals surface area contributed by atoms with Crippen LogP contribution in [-0.2, 0) is 0 Å². The van der Waals surface area contributed by atoms with Crippen molar-refractivity contribution in [3.63, 3.8) is 0 Å². The molecule has 2 nitrogen and oxygen atoms in total. The van der Waals surface area contributed by atoms with E-state index < -0.39 is 6.17 Å².